The first kappa shape index (κ1) is 14.3. The minimum Gasteiger partial charge on any atom is -0.392 e. The number of nitrogens with two attached hydrogens (primary N) is 1. The maximum atomic E-state index is 11.7. The molecule has 0 aliphatic rings. The number of carbonyl (C=O) groups is 1. The van der Waals surface area contributed by atoms with Crippen molar-refractivity contribution in [2.45, 2.75) is 20.8 Å². The summed E-state index contributed by atoms with van der Waals surface area (Å²) in [6.45, 7) is 7.95. The van der Waals surface area contributed by atoms with Gasteiger partial charge < -0.3 is 16.0 Å². The number of hydrogen-bond donors (Lipinski definition) is 2. The van der Waals surface area contributed by atoms with E-state index in [1.165, 1.54) is 0 Å². The summed E-state index contributed by atoms with van der Waals surface area (Å²) in [6.07, 6.45) is 0. The van der Waals surface area contributed by atoms with E-state index in [2.05, 4.69) is 17.1 Å². The summed E-state index contributed by atoms with van der Waals surface area (Å²) in [6, 6.07) is 0. The van der Waals surface area contributed by atoms with E-state index in [4.69, 9.17) is 18.0 Å². The third-order valence-electron chi connectivity index (χ3n) is 2.50. The maximum Gasteiger partial charge on any atom is 0.232 e. The second-order valence-corrected chi connectivity index (χ2v) is 4.58. The summed E-state index contributed by atoms with van der Waals surface area (Å²) >= 11 is 4.84. The van der Waals surface area contributed by atoms with Crippen LogP contribution in [0.4, 0.5) is 0 Å². The van der Waals surface area contributed by atoms with Gasteiger partial charge in [0.25, 0.3) is 0 Å². The van der Waals surface area contributed by atoms with Gasteiger partial charge in [-0.25, -0.2) is 0 Å². The van der Waals surface area contributed by atoms with Crippen molar-refractivity contribution in [2.75, 3.05) is 26.7 Å². The average Bonchev–Trinajstić information content (AvgIpc) is 2.16. The Kier molecular flexibility index (Phi) is 5.75. The van der Waals surface area contributed by atoms with E-state index in [1.807, 2.05) is 7.05 Å². The molecule has 0 spiro atoms. The van der Waals surface area contributed by atoms with E-state index in [-0.39, 0.29) is 10.9 Å². The Morgan fingerprint density at radius 1 is 1.53 bits per heavy atom. The molecule has 0 aromatic heterocycles. The molecule has 1 amide bonds. The lowest BCUT2D eigenvalue weighted by molar-refractivity contribution is -0.126. The van der Waals surface area contributed by atoms with Crippen molar-refractivity contribution in [1.29, 1.82) is 0 Å². The summed E-state index contributed by atoms with van der Waals surface area (Å²) in [5.41, 5.74) is 4.73. The van der Waals surface area contributed by atoms with Crippen LogP contribution >= 0.6 is 12.2 Å². The average molecular weight is 231 g/mol. The van der Waals surface area contributed by atoms with E-state index in [0.717, 1.165) is 13.1 Å². The number of rotatable bonds is 6. The quantitative estimate of drug-likeness (QED) is 0.648. The van der Waals surface area contributed by atoms with E-state index in [0.29, 0.717) is 6.54 Å². The first-order valence-corrected chi connectivity index (χ1v) is 5.50. The predicted octanol–water partition coefficient (Wildman–Crippen LogP) is 0.367. The van der Waals surface area contributed by atoms with Gasteiger partial charge in [-0.05, 0) is 27.4 Å². The molecule has 0 aliphatic carbocycles. The first-order valence-electron chi connectivity index (χ1n) is 5.09. The zero-order chi connectivity index (χ0) is 12.1. The lowest BCUT2D eigenvalue weighted by Gasteiger charge is -2.23. The molecule has 0 fully saturated rings. The van der Waals surface area contributed by atoms with E-state index < -0.39 is 5.41 Å². The number of amides is 1. The highest BCUT2D eigenvalue weighted by Gasteiger charge is 2.30. The molecule has 0 aliphatic heterocycles. The third kappa shape index (κ3) is 4.57. The molecule has 0 saturated carbocycles. The monoisotopic (exact) mass is 231 g/mol. The second-order valence-electron chi connectivity index (χ2n) is 4.14. The summed E-state index contributed by atoms with van der Waals surface area (Å²) in [5, 5.41) is 2.82. The Balaban J connectivity index is 3.99. The van der Waals surface area contributed by atoms with Crippen LogP contribution in [-0.2, 0) is 4.79 Å². The Morgan fingerprint density at radius 3 is 2.47 bits per heavy atom. The van der Waals surface area contributed by atoms with Gasteiger partial charge in [0.1, 0.15) is 0 Å². The highest BCUT2D eigenvalue weighted by atomic mass is 32.1. The second kappa shape index (κ2) is 6.02. The van der Waals surface area contributed by atoms with Gasteiger partial charge in [-0.3, -0.25) is 4.79 Å². The van der Waals surface area contributed by atoms with Gasteiger partial charge in [0, 0.05) is 13.1 Å². The maximum absolute atomic E-state index is 11.7. The summed E-state index contributed by atoms with van der Waals surface area (Å²) in [4.78, 5) is 14.0. The van der Waals surface area contributed by atoms with E-state index in [1.54, 1.807) is 13.8 Å². The Hall–Kier alpha value is -0.680. The number of likely N-dealkylation sites (N-methyl/N-ethyl adjacent to an activating group) is 1. The SMILES string of the molecule is CCN(C)CCNC(=O)C(C)(C)C(N)=S. The minimum absolute atomic E-state index is 0.112. The van der Waals surface area contributed by atoms with Crippen molar-refractivity contribution in [2.24, 2.45) is 11.1 Å². The molecular weight excluding hydrogens is 210 g/mol. The summed E-state index contributed by atoms with van der Waals surface area (Å²) in [5.74, 6) is -0.112. The van der Waals surface area contributed by atoms with Crippen LogP contribution < -0.4 is 11.1 Å². The molecule has 0 atom stereocenters. The molecule has 0 radical (unpaired) electrons. The minimum atomic E-state index is -0.764. The predicted molar refractivity (Wildman–Crippen MR) is 66.7 cm³/mol. The fraction of sp³-hybridized carbons (Fsp3) is 0.800. The van der Waals surface area contributed by atoms with Crippen LogP contribution in [0.15, 0.2) is 0 Å². The fourth-order valence-electron chi connectivity index (χ4n) is 0.851. The van der Waals surface area contributed by atoms with Gasteiger partial charge in [-0.15, -0.1) is 0 Å². The zero-order valence-corrected chi connectivity index (χ0v) is 10.8. The summed E-state index contributed by atoms with van der Waals surface area (Å²) in [7, 11) is 2.00. The van der Waals surface area contributed by atoms with Gasteiger partial charge in [0.05, 0.1) is 10.4 Å². The third-order valence-corrected chi connectivity index (χ3v) is 3.01. The van der Waals surface area contributed by atoms with E-state index in [9.17, 15) is 4.79 Å². The van der Waals surface area contributed by atoms with Crippen molar-refractivity contribution in [1.82, 2.24) is 10.2 Å². The number of carbonyl (C=O) groups excluding carboxylic acids is 1. The molecule has 0 bridgehead atoms. The zero-order valence-electron chi connectivity index (χ0n) is 9.96. The lowest BCUT2D eigenvalue weighted by atomic mass is 9.92. The molecule has 4 nitrogen and oxygen atoms in total. The molecular formula is C10H21N3OS. The van der Waals surface area contributed by atoms with Crippen LogP contribution in [0, 0.1) is 5.41 Å². The normalized spacial score (nSPS) is 11.5. The van der Waals surface area contributed by atoms with Crippen LogP contribution in [-0.4, -0.2) is 42.5 Å². The molecule has 0 unspecified atom stereocenters. The van der Waals surface area contributed by atoms with Gasteiger partial charge in [0.15, 0.2) is 0 Å². The highest BCUT2D eigenvalue weighted by Crippen LogP contribution is 2.14. The summed E-state index contributed by atoms with van der Waals surface area (Å²) < 4.78 is 0. The van der Waals surface area contributed by atoms with Gasteiger partial charge in [0.2, 0.25) is 5.91 Å². The molecule has 0 rings (SSSR count). The molecule has 3 N–H and O–H groups in total. The topological polar surface area (TPSA) is 58.4 Å². The van der Waals surface area contributed by atoms with Gasteiger partial charge in [-0.1, -0.05) is 19.1 Å². The van der Waals surface area contributed by atoms with Crippen molar-refractivity contribution in [3.63, 3.8) is 0 Å². The van der Waals surface area contributed by atoms with E-state index >= 15 is 0 Å². The molecule has 0 heterocycles. The molecule has 0 aromatic rings. The lowest BCUT2D eigenvalue weighted by Crippen LogP contribution is -2.46. The van der Waals surface area contributed by atoms with Crippen LogP contribution in [0.5, 0.6) is 0 Å². The van der Waals surface area contributed by atoms with Crippen LogP contribution in [0.2, 0.25) is 0 Å². The highest BCUT2D eigenvalue weighted by molar-refractivity contribution is 7.80. The smallest absolute Gasteiger partial charge is 0.232 e. The van der Waals surface area contributed by atoms with Crippen molar-refractivity contribution in [3.8, 4) is 0 Å². The van der Waals surface area contributed by atoms with Crippen molar-refractivity contribution < 1.29 is 4.79 Å². The number of nitrogens with zero attached hydrogens (tertiary/aromatic N) is 1. The fourth-order valence-corrected chi connectivity index (χ4v) is 0.944. The number of nitrogens with one attached hydrogen (secondary N) is 1. The van der Waals surface area contributed by atoms with Crippen molar-refractivity contribution >= 4 is 23.1 Å². The first-order chi connectivity index (χ1) is 6.82. The van der Waals surface area contributed by atoms with Crippen LogP contribution in [0.25, 0.3) is 0 Å². The Labute approximate surface area is 97.2 Å². The van der Waals surface area contributed by atoms with Crippen LogP contribution in [0.1, 0.15) is 20.8 Å². The molecule has 88 valence electrons. The molecule has 15 heavy (non-hydrogen) atoms. The van der Waals surface area contributed by atoms with Gasteiger partial charge in [-0.2, -0.15) is 0 Å². The Morgan fingerprint density at radius 2 is 2.07 bits per heavy atom. The molecule has 5 heteroatoms. The Bertz CT molecular complexity index is 241. The van der Waals surface area contributed by atoms with Crippen molar-refractivity contribution in [3.05, 3.63) is 0 Å². The number of hydrogen-bond acceptors (Lipinski definition) is 3. The molecule has 0 saturated heterocycles. The van der Waals surface area contributed by atoms with Crippen LogP contribution in [0.3, 0.4) is 0 Å². The largest absolute Gasteiger partial charge is 0.392 e. The number of thiocarbonyl (C=S) groups is 1. The van der Waals surface area contributed by atoms with Gasteiger partial charge >= 0.3 is 0 Å². The molecule has 0 aromatic carbocycles. The standard InChI is InChI=1S/C10H21N3OS/c1-5-13(4)7-6-12-9(14)10(2,3)8(11)15/h5-7H2,1-4H3,(H2,11,15)(H,12,14).